The second-order valence-electron chi connectivity index (χ2n) is 7.26. The fourth-order valence-electron chi connectivity index (χ4n) is 3.58. The van der Waals surface area contributed by atoms with E-state index in [1.807, 2.05) is 0 Å². The van der Waals surface area contributed by atoms with E-state index < -0.39 is 17.9 Å². The van der Waals surface area contributed by atoms with E-state index in [1.165, 1.54) is 50.8 Å². The van der Waals surface area contributed by atoms with E-state index >= 15 is 0 Å². The molecule has 0 spiro atoms. The third kappa shape index (κ3) is 4.54. The first-order valence-corrected chi connectivity index (χ1v) is 9.76. The average molecular weight is 437 g/mol. The predicted molar refractivity (Wildman–Crippen MR) is 114 cm³/mol. The summed E-state index contributed by atoms with van der Waals surface area (Å²) >= 11 is 0. The summed E-state index contributed by atoms with van der Waals surface area (Å²) in [5.41, 5.74) is 1.56. The lowest BCUT2D eigenvalue weighted by molar-refractivity contribution is -0.137. The van der Waals surface area contributed by atoms with Crippen LogP contribution in [0.2, 0.25) is 0 Å². The van der Waals surface area contributed by atoms with Crippen LogP contribution in [-0.2, 0) is 28.7 Å². The molecule has 0 saturated heterocycles. The highest BCUT2D eigenvalue weighted by Gasteiger charge is 2.36. The van der Waals surface area contributed by atoms with E-state index in [0.717, 1.165) is 0 Å². The molecule has 0 unspecified atom stereocenters. The third-order valence-electron chi connectivity index (χ3n) is 5.21. The van der Waals surface area contributed by atoms with Crippen LogP contribution in [0.4, 0.5) is 0 Å². The van der Waals surface area contributed by atoms with Gasteiger partial charge < -0.3 is 19.1 Å². The number of ketones is 2. The molecule has 166 valence electrons. The van der Waals surface area contributed by atoms with Gasteiger partial charge in [-0.2, -0.15) is 0 Å². The fraction of sp³-hybridized carbons (Fsp3) is 0.250. The van der Waals surface area contributed by atoms with Gasteiger partial charge in [-0.05, 0) is 36.8 Å². The van der Waals surface area contributed by atoms with Crippen molar-refractivity contribution in [2.75, 3.05) is 27.9 Å². The number of hydrogen-bond donors (Lipinski definition) is 0. The maximum atomic E-state index is 12.7. The largest absolute Gasteiger partial charge is 0.497 e. The predicted octanol–water partition coefficient (Wildman–Crippen LogP) is 2.23. The molecule has 1 aromatic carbocycles. The summed E-state index contributed by atoms with van der Waals surface area (Å²) in [5, 5.41) is 0. The van der Waals surface area contributed by atoms with Crippen molar-refractivity contribution in [3.8, 4) is 5.75 Å². The molecule has 0 bridgehead atoms. The van der Waals surface area contributed by atoms with Crippen LogP contribution in [0.5, 0.6) is 5.75 Å². The number of hydrogen-bond acceptors (Lipinski definition) is 8. The Morgan fingerprint density at radius 2 is 1.56 bits per heavy atom. The highest BCUT2D eigenvalue weighted by atomic mass is 16.5. The van der Waals surface area contributed by atoms with Crippen LogP contribution in [-0.4, -0.2) is 56.3 Å². The zero-order chi connectivity index (χ0) is 23.4. The minimum absolute atomic E-state index is 0.0137. The number of rotatable bonds is 6. The van der Waals surface area contributed by atoms with Crippen LogP contribution in [0.1, 0.15) is 18.4 Å². The van der Waals surface area contributed by atoms with Crippen molar-refractivity contribution in [2.45, 2.75) is 12.8 Å². The van der Waals surface area contributed by atoms with Crippen LogP contribution < -0.4 is 4.74 Å². The van der Waals surface area contributed by atoms with Gasteiger partial charge >= 0.3 is 11.9 Å². The summed E-state index contributed by atoms with van der Waals surface area (Å²) in [4.78, 5) is 51.3. The molecular weight excluding hydrogens is 414 g/mol. The minimum Gasteiger partial charge on any atom is -0.497 e. The monoisotopic (exact) mass is 437 g/mol. The first-order valence-electron chi connectivity index (χ1n) is 9.76. The Hall–Kier alpha value is -3.94. The zero-order valence-electron chi connectivity index (χ0n) is 18.2. The number of allylic oxidation sites excluding steroid dienone is 3. The van der Waals surface area contributed by atoms with Gasteiger partial charge in [-0.15, -0.1) is 0 Å². The van der Waals surface area contributed by atoms with Gasteiger partial charge in [0.1, 0.15) is 5.75 Å². The second kappa shape index (κ2) is 9.47. The number of carbonyl (C=O) groups excluding carboxylic acids is 4. The Labute approximate surface area is 185 Å². The average Bonchev–Trinajstić information content (AvgIpc) is 2.80. The zero-order valence-corrected chi connectivity index (χ0v) is 18.2. The number of ether oxygens (including phenoxy) is 3. The Morgan fingerprint density at radius 1 is 0.938 bits per heavy atom. The van der Waals surface area contributed by atoms with E-state index in [4.69, 9.17) is 14.2 Å². The molecule has 1 aromatic rings. The Balaban J connectivity index is 2.07. The molecule has 1 aliphatic carbocycles. The summed E-state index contributed by atoms with van der Waals surface area (Å²) in [6.07, 6.45) is 5.55. The number of esters is 2. The molecule has 8 heteroatoms. The lowest BCUT2D eigenvalue weighted by Gasteiger charge is -2.30. The number of benzene rings is 1. The second-order valence-corrected chi connectivity index (χ2v) is 7.26. The van der Waals surface area contributed by atoms with Gasteiger partial charge in [-0.3, -0.25) is 9.59 Å². The van der Waals surface area contributed by atoms with E-state index in [9.17, 15) is 19.2 Å². The van der Waals surface area contributed by atoms with Crippen molar-refractivity contribution in [1.29, 1.82) is 0 Å². The molecule has 1 aliphatic heterocycles. The Bertz CT molecular complexity index is 1070. The van der Waals surface area contributed by atoms with Crippen molar-refractivity contribution in [2.24, 2.45) is 0 Å². The van der Waals surface area contributed by atoms with Crippen molar-refractivity contribution in [3.05, 3.63) is 76.7 Å². The summed E-state index contributed by atoms with van der Waals surface area (Å²) < 4.78 is 15.2. The van der Waals surface area contributed by atoms with Gasteiger partial charge in [0, 0.05) is 23.5 Å². The molecule has 1 heterocycles. The standard InChI is InChI=1S/C24H23NO7/c1-14-8-21(27)16(10-20(14)26)11-25-12-18(23(28)31-3)22(19(13-25)24(29)32-4)15-6-5-7-17(9-15)30-2/h5-10,12-13,22H,11H2,1-4H3. The van der Waals surface area contributed by atoms with Crippen LogP contribution >= 0.6 is 0 Å². The molecule has 0 amide bonds. The molecule has 0 fully saturated rings. The highest BCUT2D eigenvalue weighted by Crippen LogP contribution is 2.38. The topological polar surface area (TPSA) is 99.2 Å². The van der Waals surface area contributed by atoms with Crippen molar-refractivity contribution in [3.63, 3.8) is 0 Å². The normalized spacial score (nSPS) is 16.6. The molecule has 2 aliphatic rings. The molecule has 0 N–H and O–H groups in total. The number of methoxy groups -OCH3 is 3. The first kappa shape index (κ1) is 22.7. The van der Waals surface area contributed by atoms with E-state index in [-0.39, 0.29) is 34.8 Å². The maximum absolute atomic E-state index is 12.7. The Morgan fingerprint density at radius 3 is 2.12 bits per heavy atom. The summed E-state index contributed by atoms with van der Waals surface area (Å²) in [6, 6.07) is 6.97. The molecule has 0 radical (unpaired) electrons. The SMILES string of the molecule is COC(=O)C1=CN(CC2=CC(=O)C(C)=CC2=O)C=C(C(=O)OC)C1c1cccc(OC)c1. The van der Waals surface area contributed by atoms with Gasteiger partial charge in [0.15, 0.2) is 11.6 Å². The quantitative estimate of drug-likeness (QED) is 0.494. The maximum Gasteiger partial charge on any atom is 0.336 e. The van der Waals surface area contributed by atoms with Gasteiger partial charge in [-0.25, -0.2) is 9.59 Å². The van der Waals surface area contributed by atoms with E-state index in [2.05, 4.69) is 0 Å². The van der Waals surface area contributed by atoms with Gasteiger partial charge in [0.05, 0.1) is 44.9 Å². The summed E-state index contributed by atoms with van der Waals surface area (Å²) in [6.45, 7) is 1.55. The number of nitrogens with zero attached hydrogens (tertiary/aromatic N) is 1. The van der Waals surface area contributed by atoms with Crippen molar-refractivity contribution < 1.29 is 33.4 Å². The van der Waals surface area contributed by atoms with Gasteiger partial charge in [0.2, 0.25) is 0 Å². The molecule has 0 aromatic heterocycles. The molecule has 0 saturated carbocycles. The van der Waals surface area contributed by atoms with Crippen LogP contribution in [0.3, 0.4) is 0 Å². The Kier molecular flexibility index (Phi) is 6.73. The summed E-state index contributed by atoms with van der Waals surface area (Å²) in [7, 11) is 4.00. The summed E-state index contributed by atoms with van der Waals surface area (Å²) in [5.74, 6) is -2.09. The fourth-order valence-corrected chi connectivity index (χ4v) is 3.58. The minimum atomic E-state index is -0.777. The van der Waals surface area contributed by atoms with E-state index in [0.29, 0.717) is 16.9 Å². The lowest BCUT2D eigenvalue weighted by atomic mass is 9.83. The van der Waals surface area contributed by atoms with E-state index in [1.54, 1.807) is 31.2 Å². The first-order chi connectivity index (χ1) is 15.3. The van der Waals surface area contributed by atoms with Crippen LogP contribution in [0.25, 0.3) is 0 Å². The third-order valence-corrected chi connectivity index (χ3v) is 5.21. The molecule has 3 rings (SSSR count). The smallest absolute Gasteiger partial charge is 0.336 e. The van der Waals surface area contributed by atoms with Crippen LogP contribution in [0.15, 0.2) is 71.1 Å². The van der Waals surface area contributed by atoms with Gasteiger partial charge in [0.25, 0.3) is 0 Å². The highest BCUT2D eigenvalue weighted by molar-refractivity contribution is 6.19. The van der Waals surface area contributed by atoms with Gasteiger partial charge in [-0.1, -0.05) is 12.1 Å². The lowest BCUT2D eigenvalue weighted by Crippen LogP contribution is -2.31. The molecule has 0 atom stereocenters. The molecular formula is C24H23NO7. The van der Waals surface area contributed by atoms with Crippen molar-refractivity contribution in [1.82, 2.24) is 4.90 Å². The van der Waals surface area contributed by atoms with Crippen molar-refractivity contribution >= 4 is 23.5 Å². The number of carbonyl (C=O) groups is 4. The molecule has 32 heavy (non-hydrogen) atoms. The molecule has 8 nitrogen and oxygen atoms in total. The van der Waals surface area contributed by atoms with Crippen LogP contribution in [0, 0.1) is 0 Å².